The molecule has 2 aliphatic rings. The fraction of sp³-hybridized carbons (Fsp3) is 1.00. The van der Waals surface area contributed by atoms with Crippen LogP contribution in [0.3, 0.4) is 0 Å². The van der Waals surface area contributed by atoms with E-state index in [2.05, 4.69) is 37.9 Å². The predicted octanol–water partition coefficient (Wildman–Crippen LogP) is 3.29. The Kier molecular flexibility index (Phi) is 6.10. The molecule has 1 heterocycles. The maximum Gasteiger partial charge on any atom is 0.0615 e. The number of piperazine rings is 1. The van der Waals surface area contributed by atoms with E-state index in [0.29, 0.717) is 23.5 Å². The average molecular weight is 296 g/mol. The second-order valence-corrected chi connectivity index (χ2v) is 8.30. The Hall–Kier alpha value is -0.120. The van der Waals surface area contributed by atoms with Gasteiger partial charge in [0.1, 0.15) is 0 Å². The highest BCUT2D eigenvalue weighted by Crippen LogP contribution is 2.33. The maximum atomic E-state index is 5.44. The summed E-state index contributed by atoms with van der Waals surface area (Å²) in [5, 5.41) is 3.89. The lowest BCUT2D eigenvalue weighted by molar-refractivity contribution is -0.0122. The van der Waals surface area contributed by atoms with Gasteiger partial charge in [-0.25, -0.2) is 0 Å². The second-order valence-electron chi connectivity index (χ2n) is 8.30. The van der Waals surface area contributed by atoms with E-state index in [1.165, 1.54) is 38.6 Å². The monoisotopic (exact) mass is 296 g/mol. The van der Waals surface area contributed by atoms with Gasteiger partial charge in [0, 0.05) is 38.3 Å². The fourth-order valence-corrected chi connectivity index (χ4v) is 4.28. The average Bonchev–Trinajstić information content (AvgIpc) is 2.47. The van der Waals surface area contributed by atoms with Crippen molar-refractivity contribution < 1.29 is 4.74 Å². The van der Waals surface area contributed by atoms with Gasteiger partial charge in [-0.15, -0.1) is 0 Å². The molecule has 0 spiro atoms. The first-order chi connectivity index (χ1) is 9.93. The van der Waals surface area contributed by atoms with Crippen LogP contribution in [0.4, 0.5) is 0 Å². The van der Waals surface area contributed by atoms with E-state index < -0.39 is 0 Å². The number of nitrogens with one attached hydrogen (secondary N) is 1. The molecule has 0 aromatic rings. The molecule has 3 heteroatoms. The Morgan fingerprint density at radius 1 is 1.19 bits per heavy atom. The molecule has 2 fully saturated rings. The van der Waals surface area contributed by atoms with Crippen molar-refractivity contribution >= 4 is 0 Å². The molecular weight excluding hydrogens is 260 g/mol. The molecule has 0 aromatic carbocycles. The summed E-state index contributed by atoms with van der Waals surface area (Å²) in [6.45, 7) is 12.6. The smallest absolute Gasteiger partial charge is 0.0615 e. The summed E-state index contributed by atoms with van der Waals surface area (Å²) in [7, 11) is 1.82. The minimum absolute atomic E-state index is 0.312. The van der Waals surface area contributed by atoms with E-state index in [4.69, 9.17) is 4.74 Å². The first-order valence-corrected chi connectivity index (χ1v) is 8.91. The van der Waals surface area contributed by atoms with E-state index in [0.717, 1.165) is 19.1 Å². The van der Waals surface area contributed by atoms with E-state index in [-0.39, 0.29) is 0 Å². The van der Waals surface area contributed by atoms with Gasteiger partial charge < -0.3 is 10.1 Å². The topological polar surface area (TPSA) is 24.5 Å². The van der Waals surface area contributed by atoms with E-state index in [1.807, 2.05) is 7.11 Å². The van der Waals surface area contributed by atoms with Crippen molar-refractivity contribution in [3.63, 3.8) is 0 Å². The number of ether oxygens (including phenoxy) is 1. The van der Waals surface area contributed by atoms with Gasteiger partial charge in [-0.1, -0.05) is 40.0 Å². The fourth-order valence-electron chi connectivity index (χ4n) is 4.28. The third-order valence-corrected chi connectivity index (χ3v) is 5.57. The zero-order valence-corrected chi connectivity index (χ0v) is 14.8. The Bertz CT molecular complexity index is 307. The number of methoxy groups -OCH3 is 1. The third-order valence-electron chi connectivity index (χ3n) is 5.57. The highest BCUT2D eigenvalue weighted by molar-refractivity contribution is 4.96. The Morgan fingerprint density at radius 2 is 1.86 bits per heavy atom. The molecule has 1 N–H and O–H groups in total. The molecule has 0 radical (unpaired) electrons. The summed E-state index contributed by atoms with van der Waals surface area (Å²) < 4.78 is 5.44. The summed E-state index contributed by atoms with van der Waals surface area (Å²) >= 11 is 0. The van der Waals surface area contributed by atoms with Crippen LogP contribution in [0.15, 0.2) is 0 Å². The minimum Gasteiger partial charge on any atom is -0.383 e. The highest BCUT2D eigenvalue weighted by Gasteiger charge is 2.39. The molecular formula is C18H36N2O. The molecule has 124 valence electrons. The van der Waals surface area contributed by atoms with Crippen molar-refractivity contribution in [2.75, 3.05) is 26.8 Å². The van der Waals surface area contributed by atoms with Crippen LogP contribution < -0.4 is 5.32 Å². The SMILES string of the molecule is COCC(C)N1CC(C2CCCCC2)NCC1C(C)(C)C. The summed E-state index contributed by atoms with van der Waals surface area (Å²) in [5.41, 5.74) is 0.312. The Morgan fingerprint density at radius 3 is 2.43 bits per heavy atom. The Balaban J connectivity index is 2.04. The molecule has 3 atom stereocenters. The van der Waals surface area contributed by atoms with Gasteiger partial charge in [0.15, 0.2) is 0 Å². The van der Waals surface area contributed by atoms with Crippen LogP contribution in [0.25, 0.3) is 0 Å². The summed E-state index contributed by atoms with van der Waals surface area (Å²) in [6, 6.07) is 1.79. The lowest BCUT2D eigenvalue weighted by Crippen LogP contribution is -2.64. The number of rotatable bonds is 4. The molecule has 2 rings (SSSR count). The molecule has 1 saturated carbocycles. The van der Waals surface area contributed by atoms with Gasteiger partial charge in [-0.05, 0) is 31.1 Å². The molecule has 3 unspecified atom stereocenters. The first-order valence-electron chi connectivity index (χ1n) is 8.91. The molecule has 3 nitrogen and oxygen atoms in total. The maximum absolute atomic E-state index is 5.44. The van der Waals surface area contributed by atoms with Crippen LogP contribution in [0.5, 0.6) is 0 Å². The number of hydrogen-bond donors (Lipinski definition) is 1. The van der Waals surface area contributed by atoms with E-state index in [1.54, 1.807) is 0 Å². The second kappa shape index (κ2) is 7.43. The molecule has 1 aliphatic carbocycles. The zero-order chi connectivity index (χ0) is 15.5. The highest BCUT2D eigenvalue weighted by atomic mass is 16.5. The standard InChI is InChI=1S/C18H36N2O/c1-14(13-21-5)20-12-16(15-9-7-6-8-10-15)19-11-17(20)18(2,3)4/h14-17,19H,6-13H2,1-5H3. The lowest BCUT2D eigenvalue weighted by Gasteiger charge is -2.50. The van der Waals surface area contributed by atoms with E-state index >= 15 is 0 Å². The molecule has 1 saturated heterocycles. The predicted molar refractivity (Wildman–Crippen MR) is 89.7 cm³/mol. The largest absolute Gasteiger partial charge is 0.383 e. The van der Waals surface area contributed by atoms with Crippen LogP contribution in [0.1, 0.15) is 59.8 Å². The van der Waals surface area contributed by atoms with Crippen LogP contribution in [-0.2, 0) is 4.74 Å². The van der Waals surface area contributed by atoms with Crippen molar-refractivity contribution in [2.45, 2.75) is 77.9 Å². The molecule has 0 bridgehead atoms. The number of hydrogen-bond acceptors (Lipinski definition) is 3. The van der Waals surface area contributed by atoms with Crippen LogP contribution in [-0.4, -0.2) is 49.8 Å². The third kappa shape index (κ3) is 4.43. The van der Waals surface area contributed by atoms with Gasteiger partial charge in [0.25, 0.3) is 0 Å². The minimum atomic E-state index is 0.312. The normalized spacial score (nSPS) is 31.3. The molecule has 0 aromatic heterocycles. The van der Waals surface area contributed by atoms with Crippen LogP contribution in [0, 0.1) is 11.3 Å². The molecule has 0 amide bonds. The number of nitrogens with zero attached hydrogens (tertiary/aromatic N) is 1. The summed E-state index contributed by atoms with van der Waals surface area (Å²) in [6.07, 6.45) is 7.14. The summed E-state index contributed by atoms with van der Waals surface area (Å²) in [4.78, 5) is 2.72. The molecule has 1 aliphatic heterocycles. The first kappa shape index (κ1) is 17.2. The van der Waals surface area contributed by atoms with Crippen molar-refractivity contribution in [3.8, 4) is 0 Å². The van der Waals surface area contributed by atoms with Gasteiger partial charge >= 0.3 is 0 Å². The van der Waals surface area contributed by atoms with Crippen molar-refractivity contribution in [1.29, 1.82) is 0 Å². The van der Waals surface area contributed by atoms with Crippen molar-refractivity contribution in [1.82, 2.24) is 10.2 Å². The van der Waals surface area contributed by atoms with Crippen LogP contribution >= 0.6 is 0 Å². The van der Waals surface area contributed by atoms with Gasteiger partial charge in [-0.3, -0.25) is 4.90 Å². The van der Waals surface area contributed by atoms with Crippen molar-refractivity contribution in [2.24, 2.45) is 11.3 Å². The Labute approximate surface area is 131 Å². The van der Waals surface area contributed by atoms with Gasteiger partial charge in [0.2, 0.25) is 0 Å². The van der Waals surface area contributed by atoms with Crippen molar-refractivity contribution in [3.05, 3.63) is 0 Å². The lowest BCUT2D eigenvalue weighted by atomic mass is 9.79. The quantitative estimate of drug-likeness (QED) is 0.861. The summed E-state index contributed by atoms with van der Waals surface area (Å²) in [5.74, 6) is 0.886. The molecule has 21 heavy (non-hydrogen) atoms. The zero-order valence-electron chi connectivity index (χ0n) is 14.8. The van der Waals surface area contributed by atoms with Crippen LogP contribution in [0.2, 0.25) is 0 Å². The van der Waals surface area contributed by atoms with Gasteiger partial charge in [0.05, 0.1) is 6.61 Å². The van der Waals surface area contributed by atoms with E-state index in [9.17, 15) is 0 Å². The van der Waals surface area contributed by atoms with Gasteiger partial charge in [-0.2, -0.15) is 0 Å².